The first-order valence-electron chi connectivity index (χ1n) is 10.1. The molecule has 0 aliphatic carbocycles. The molecule has 5 nitrogen and oxygen atoms in total. The highest BCUT2D eigenvalue weighted by Crippen LogP contribution is 2.34. The number of aryl methyl sites for hydroxylation is 1. The van der Waals surface area contributed by atoms with Crippen LogP contribution in [-0.2, 0) is 6.42 Å². The van der Waals surface area contributed by atoms with E-state index in [2.05, 4.69) is 41.4 Å². The van der Waals surface area contributed by atoms with Crippen molar-refractivity contribution in [3.05, 3.63) is 64.7 Å². The van der Waals surface area contributed by atoms with Gasteiger partial charge in [0.2, 0.25) is 0 Å². The Kier molecular flexibility index (Phi) is 5.07. The summed E-state index contributed by atoms with van der Waals surface area (Å²) in [4.78, 5) is 29.6. The predicted octanol–water partition coefficient (Wildman–Crippen LogP) is 3.37. The zero-order valence-corrected chi connectivity index (χ0v) is 16.6. The summed E-state index contributed by atoms with van der Waals surface area (Å²) >= 11 is 0. The average Bonchev–Trinajstić information content (AvgIpc) is 2.73. The van der Waals surface area contributed by atoms with Gasteiger partial charge < -0.3 is 15.1 Å². The second-order valence-corrected chi connectivity index (χ2v) is 7.81. The quantitative estimate of drug-likeness (QED) is 0.889. The van der Waals surface area contributed by atoms with Crippen LogP contribution >= 0.6 is 0 Å². The number of piperidine rings is 1. The molecule has 0 unspecified atom stereocenters. The van der Waals surface area contributed by atoms with E-state index in [1.54, 1.807) is 12.1 Å². The van der Waals surface area contributed by atoms with Crippen LogP contribution in [0.2, 0.25) is 0 Å². The second-order valence-electron chi connectivity index (χ2n) is 7.81. The van der Waals surface area contributed by atoms with Gasteiger partial charge in [0, 0.05) is 25.7 Å². The van der Waals surface area contributed by atoms with E-state index in [4.69, 9.17) is 0 Å². The molecule has 0 radical (unpaired) electrons. The van der Waals surface area contributed by atoms with Crippen molar-refractivity contribution in [2.45, 2.75) is 38.8 Å². The maximum Gasteiger partial charge on any atom is 0.257 e. The zero-order chi connectivity index (χ0) is 19.7. The number of nitrogens with zero attached hydrogens (tertiary/aromatic N) is 2. The second kappa shape index (κ2) is 7.66. The van der Waals surface area contributed by atoms with E-state index < -0.39 is 0 Å². The Labute approximate surface area is 166 Å². The number of carbonyl (C=O) groups is 2. The highest BCUT2D eigenvalue weighted by molar-refractivity contribution is 6.04. The lowest BCUT2D eigenvalue weighted by Crippen LogP contribution is -2.55. The lowest BCUT2D eigenvalue weighted by molar-refractivity contribution is 0.0589. The maximum absolute atomic E-state index is 12.8. The highest BCUT2D eigenvalue weighted by Gasteiger charge is 2.37. The number of carbonyl (C=O) groups excluding carboxylic acids is 2. The first-order valence-corrected chi connectivity index (χ1v) is 10.1. The van der Waals surface area contributed by atoms with E-state index in [-0.39, 0.29) is 18.0 Å². The van der Waals surface area contributed by atoms with Gasteiger partial charge in [0.1, 0.15) is 6.17 Å². The Morgan fingerprint density at radius 1 is 1.14 bits per heavy atom. The first-order chi connectivity index (χ1) is 13.5. The molecule has 1 atom stereocenters. The van der Waals surface area contributed by atoms with E-state index in [0.29, 0.717) is 17.7 Å². The molecule has 0 bridgehead atoms. The van der Waals surface area contributed by atoms with Gasteiger partial charge in [-0.05, 0) is 56.4 Å². The average molecular weight is 377 g/mol. The number of nitrogens with one attached hydrogen (secondary N) is 1. The third kappa shape index (κ3) is 3.49. The molecule has 146 valence electrons. The number of hydrogen-bond acceptors (Lipinski definition) is 3. The van der Waals surface area contributed by atoms with Gasteiger partial charge in [-0.25, -0.2) is 0 Å². The summed E-state index contributed by atoms with van der Waals surface area (Å²) in [5.74, 6) is -0.00837. The van der Waals surface area contributed by atoms with Crippen LogP contribution in [-0.4, -0.2) is 43.0 Å². The van der Waals surface area contributed by atoms with Gasteiger partial charge in [0.05, 0.1) is 11.3 Å². The van der Waals surface area contributed by atoms with E-state index >= 15 is 0 Å². The predicted molar refractivity (Wildman–Crippen MR) is 111 cm³/mol. The summed E-state index contributed by atoms with van der Waals surface area (Å²) in [5, 5.41) is 3.00. The Morgan fingerprint density at radius 3 is 2.71 bits per heavy atom. The van der Waals surface area contributed by atoms with Crippen molar-refractivity contribution in [2.75, 3.05) is 25.0 Å². The van der Waals surface area contributed by atoms with Crippen molar-refractivity contribution in [1.82, 2.24) is 10.2 Å². The minimum Gasteiger partial charge on any atom is -0.354 e. The highest BCUT2D eigenvalue weighted by atomic mass is 16.2. The zero-order valence-electron chi connectivity index (χ0n) is 16.6. The molecule has 2 heterocycles. The Balaban J connectivity index is 1.46. The van der Waals surface area contributed by atoms with E-state index in [1.807, 2.05) is 18.0 Å². The number of rotatable bonds is 4. The monoisotopic (exact) mass is 377 g/mol. The standard InChI is InChI=1S/C23H27N3O2/c1-16-6-8-17(9-7-16)12-13-24-22(27)18-10-11-19-20(15-18)25(2)21-5-3-4-14-26(21)23(19)28/h6-11,15,21H,3-5,12-14H2,1-2H3,(H,24,27)/t21-/m1/s1. The Morgan fingerprint density at radius 2 is 1.93 bits per heavy atom. The van der Waals surface area contributed by atoms with Crippen LogP contribution < -0.4 is 10.2 Å². The molecule has 1 fully saturated rings. The summed E-state index contributed by atoms with van der Waals surface area (Å²) < 4.78 is 0. The third-order valence-corrected chi connectivity index (χ3v) is 5.87. The van der Waals surface area contributed by atoms with Crippen LogP contribution in [0.15, 0.2) is 42.5 Å². The third-order valence-electron chi connectivity index (χ3n) is 5.87. The van der Waals surface area contributed by atoms with E-state index in [0.717, 1.165) is 37.9 Å². The van der Waals surface area contributed by atoms with E-state index in [9.17, 15) is 9.59 Å². The Bertz CT molecular complexity index is 891. The van der Waals surface area contributed by atoms with Crippen LogP contribution in [0.1, 0.15) is 51.1 Å². The van der Waals surface area contributed by atoms with Gasteiger partial charge in [-0.2, -0.15) is 0 Å². The fourth-order valence-electron chi connectivity index (χ4n) is 4.19. The molecule has 28 heavy (non-hydrogen) atoms. The van der Waals surface area contributed by atoms with Crippen molar-refractivity contribution in [1.29, 1.82) is 0 Å². The fraction of sp³-hybridized carbons (Fsp3) is 0.391. The van der Waals surface area contributed by atoms with Crippen molar-refractivity contribution in [3.8, 4) is 0 Å². The number of benzene rings is 2. The number of anilines is 1. The van der Waals surface area contributed by atoms with Crippen LogP contribution in [0.25, 0.3) is 0 Å². The fourth-order valence-corrected chi connectivity index (χ4v) is 4.19. The topological polar surface area (TPSA) is 52.7 Å². The van der Waals surface area contributed by atoms with Crippen molar-refractivity contribution in [2.24, 2.45) is 0 Å². The van der Waals surface area contributed by atoms with Crippen LogP contribution in [0, 0.1) is 6.92 Å². The van der Waals surface area contributed by atoms with Gasteiger partial charge in [0.25, 0.3) is 11.8 Å². The molecule has 1 saturated heterocycles. The molecule has 0 spiro atoms. The SMILES string of the molecule is Cc1ccc(CCNC(=O)c2ccc3c(c2)N(C)[C@H]2CCCCN2C3=O)cc1. The molecule has 2 aliphatic rings. The molecule has 4 rings (SSSR count). The largest absolute Gasteiger partial charge is 0.354 e. The molecule has 2 aromatic carbocycles. The summed E-state index contributed by atoms with van der Waals surface area (Å²) in [6.45, 7) is 3.47. The molecule has 0 saturated carbocycles. The van der Waals surface area contributed by atoms with Gasteiger partial charge in [-0.15, -0.1) is 0 Å². The number of fused-ring (bicyclic) bond motifs is 2. The van der Waals surface area contributed by atoms with Crippen LogP contribution in [0.5, 0.6) is 0 Å². The number of amides is 2. The minimum atomic E-state index is -0.0955. The van der Waals surface area contributed by atoms with Gasteiger partial charge in [0.15, 0.2) is 0 Å². The van der Waals surface area contributed by atoms with Crippen molar-refractivity contribution < 1.29 is 9.59 Å². The molecule has 2 aliphatic heterocycles. The van der Waals surface area contributed by atoms with Gasteiger partial charge in [-0.3, -0.25) is 9.59 Å². The first kappa shape index (κ1) is 18.5. The van der Waals surface area contributed by atoms with Gasteiger partial charge in [-0.1, -0.05) is 29.8 Å². The van der Waals surface area contributed by atoms with Gasteiger partial charge >= 0.3 is 0 Å². The van der Waals surface area contributed by atoms with Crippen LogP contribution in [0.4, 0.5) is 5.69 Å². The maximum atomic E-state index is 12.8. The molecular formula is C23H27N3O2. The normalized spacial score (nSPS) is 18.5. The molecule has 2 amide bonds. The van der Waals surface area contributed by atoms with Crippen molar-refractivity contribution >= 4 is 17.5 Å². The lowest BCUT2D eigenvalue weighted by atomic mass is 9.97. The molecule has 0 aromatic heterocycles. The number of hydrogen-bond donors (Lipinski definition) is 1. The summed E-state index contributed by atoms with van der Waals surface area (Å²) in [6.07, 6.45) is 4.08. The smallest absolute Gasteiger partial charge is 0.257 e. The molecule has 5 heteroatoms. The summed E-state index contributed by atoms with van der Waals surface area (Å²) in [5.41, 5.74) is 4.60. The van der Waals surface area contributed by atoms with Crippen LogP contribution in [0.3, 0.4) is 0 Å². The minimum absolute atomic E-state index is 0.0872. The van der Waals surface area contributed by atoms with Crippen molar-refractivity contribution in [3.63, 3.8) is 0 Å². The Hall–Kier alpha value is -2.82. The lowest BCUT2D eigenvalue weighted by Gasteiger charge is -2.46. The molecule has 1 N–H and O–H groups in total. The molecule has 2 aromatic rings. The molecular weight excluding hydrogens is 350 g/mol. The summed E-state index contributed by atoms with van der Waals surface area (Å²) in [7, 11) is 2.02. The summed E-state index contributed by atoms with van der Waals surface area (Å²) in [6, 6.07) is 13.8. The van der Waals surface area contributed by atoms with E-state index in [1.165, 1.54) is 11.1 Å².